The Balaban J connectivity index is 1.69. The molecule has 0 amide bonds. The maximum absolute atomic E-state index is 10.5. The van der Waals surface area contributed by atoms with Crippen molar-refractivity contribution in [2.24, 2.45) is 5.73 Å². The number of hydrogen-bond donors (Lipinski definition) is 2. The fraction of sp³-hybridized carbons (Fsp3) is 0.417. The Morgan fingerprint density at radius 1 is 1.60 bits per heavy atom. The van der Waals surface area contributed by atoms with Gasteiger partial charge >= 0.3 is 5.97 Å². The number of thioether (sulfide) groups is 1. The number of aryl methyl sites for hydroxylation is 1. The van der Waals surface area contributed by atoms with Crippen molar-refractivity contribution in [1.82, 2.24) is 10.1 Å². The molecule has 1 atom stereocenters. The van der Waals surface area contributed by atoms with Gasteiger partial charge in [0.2, 0.25) is 11.7 Å². The predicted molar refractivity (Wildman–Crippen MR) is 78.9 cm³/mol. The summed E-state index contributed by atoms with van der Waals surface area (Å²) in [7, 11) is 0. The summed E-state index contributed by atoms with van der Waals surface area (Å²) in [5, 5.41) is 14.5. The fourth-order valence-corrected chi connectivity index (χ4v) is 3.03. The summed E-state index contributed by atoms with van der Waals surface area (Å²) < 4.78 is 5.17. The van der Waals surface area contributed by atoms with E-state index in [4.69, 9.17) is 15.4 Å². The zero-order valence-electron chi connectivity index (χ0n) is 10.7. The lowest BCUT2D eigenvalue weighted by Crippen LogP contribution is -2.32. The molecule has 0 saturated carbocycles. The van der Waals surface area contributed by atoms with Crippen LogP contribution < -0.4 is 5.73 Å². The molecule has 0 radical (unpaired) electrons. The molecule has 0 saturated heterocycles. The number of carboxylic acid groups (broad SMARTS) is 1. The van der Waals surface area contributed by atoms with Crippen molar-refractivity contribution in [2.45, 2.75) is 18.9 Å². The number of carboxylic acids is 1. The normalized spacial score (nSPS) is 12.4. The zero-order valence-corrected chi connectivity index (χ0v) is 12.3. The molecule has 2 aromatic heterocycles. The van der Waals surface area contributed by atoms with Crippen LogP contribution in [0.2, 0.25) is 0 Å². The van der Waals surface area contributed by atoms with Gasteiger partial charge in [-0.3, -0.25) is 4.79 Å². The summed E-state index contributed by atoms with van der Waals surface area (Å²) in [5.41, 5.74) is 5.41. The molecule has 0 aromatic carbocycles. The second-order valence-corrected chi connectivity index (χ2v) is 6.21. The summed E-state index contributed by atoms with van der Waals surface area (Å²) in [5.74, 6) is 1.50. The molecule has 8 heteroatoms. The molecule has 20 heavy (non-hydrogen) atoms. The van der Waals surface area contributed by atoms with Gasteiger partial charge in [-0.2, -0.15) is 16.7 Å². The quantitative estimate of drug-likeness (QED) is 0.717. The standard InChI is InChI=1S/C12H15N3O3S2/c13-8(12(16)17)7-19-5-2-4-10-14-11(15-18-10)9-3-1-6-20-9/h1,3,6,8H,2,4-5,7,13H2,(H,16,17)/t8-/m0/s1. The molecule has 0 spiro atoms. The van der Waals surface area contributed by atoms with Crippen LogP contribution in [-0.4, -0.2) is 38.8 Å². The summed E-state index contributed by atoms with van der Waals surface area (Å²) in [6.45, 7) is 0. The number of hydrogen-bond acceptors (Lipinski definition) is 7. The van der Waals surface area contributed by atoms with Crippen LogP contribution in [0.1, 0.15) is 12.3 Å². The molecule has 6 nitrogen and oxygen atoms in total. The molecule has 108 valence electrons. The van der Waals surface area contributed by atoms with Crippen LogP contribution in [0, 0.1) is 0 Å². The van der Waals surface area contributed by atoms with E-state index in [0.29, 0.717) is 23.9 Å². The van der Waals surface area contributed by atoms with E-state index < -0.39 is 12.0 Å². The molecule has 3 N–H and O–H groups in total. The van der Waals surface area contributed by atoms with E-state index in [1.165, 1.54) is 11.8 Å². The van der Waals surface area contributed by atoms with Gasteiger partial charge in [-0.15, -0.1) is 11.3 Å². The molecular weight excluding hydrogens is 298 g/mol. The number of aromatic nitrogens is 2. The van der Waals surface area contributed by atoms with Crippen LogP contribution >= 0.6 is 23.1 Å². The van der Waals surface area contributed by atoms with Crippen LogP contribution in [0.4, 0.5) is 0 Å². The molecule has 2 aromatic rings. The van der Waals surface area contributed by atoms with E-state index in [2.05, 4.69) is 10.1 Å². The highest BCUT2D eigenvalue weighted by Gasteiger charge is 2.11. The van der Waals surface area contributed by atoms with Gasteiger partial charge in [-0.25, -0.2) is 0 Å². The van der Waals surface area contributed by atoms with Crippen LogP contribution in [0.15, 0.2) is 22.0 Å². The highest BCUT2D eigenvalue weighted by atomic mass is 32.2. The largest absolute Gasteiger partial charge is 0.480 e. The van der Waals surface area contributed by atoms with Crippen LogP contribution in [0.5, 0.6) is 0 Å². The lowest BCUT2D eigenvalue weighted by Gasteiger charge is -2.04. The van der Waals surface area contributed by atoms with Crippen molar-refractivity contribution in [3.05, 3.63) is 23.4 Å². The zero-order chi connectivity index (χ0) is 14.4. The first-order valence-corrected chi connectivity index (χ1v) is 8.13. The molecule has 0 aliphatic heterocycles. The smallest absolute Gasteiger partial charge is 0.321 e. The van der Waals surface area contributed by atoms with Crippen LogP contribution in [0.25, 0.3) is 10.7 Å². The van der Waals surface area contributed by atoms with Crippen molar-refractivity contribution in [1.29, 1.82) is 0 Å². The summed E-state index contributed by atoms with van der Waals surface area (Å²) in [6.07, 6.45) is 1.54. The third-order valence-corrected chi connectivity index (χ3v) is 4.54. The number of aliphatic carboxylic acids is 1. The molecule has 2 rings (SSSR count). The predicted octanol–water partition coefficient (Wildman–Crippen LogP) is 1.88. The van der Waals surface area contributed by atoms with Gasteiger partial charge in [-0.1, -0.05) is 11.2 Å². The first-order chi connectivity index (χ1) is 9.66. The highest BCUT2D eigenvalue weighted by Crippen LogP contribution is 2.21. The van der Waals surface area contributed by atoms with Crippen molar-refractivity contribution in [3.8, 4) is 10.7 Å². The topological polar surface area (TPSA) is 102 Å². The van der Waals surface area contributed by atoms with E-state index in [-0.39, 0.29) is 0 Å². The lowest BCUT2D eigenvalue weighted by molar-refractivity contribution is -0.137. The molecule has 0 aliphatic rings. The van der Waals surface area contributed by atoms with E-state index >= 15 is 0 Å². The minimum atomic E-state index is -0.963. The van der Waals surface area contributed by atoms with Crippen molar-refractivity contribution >= 4 is 29.1 Å². The molecule has 0 unspecified atom stereocenters. The van der Waals surface area contributed by atoms with Gasteiger partial charge < -0.3 is 15.4 Å². The number of nitrogens with two attached hydrogens (primary N) is 1. The van der Waals surface area contributed by atoms with Gasteiger partial charge in [0.25, 0.3) is 0 Å². The number of carbonyl (C=O) groups is 1. The SMILES string of the molecule is N[C@@H](CSCCCc1nc(-c2cccs2)no1)C(=O)O. The van der Waals surface area contributed by atoms with E-state index in [1.807, 2.05) is 17.5 Å². The third kappa shape index (κ3) is 4.32. The molecule has 2 heterocycles. The second kappa shape index (κ2) is 7.41. The Labute approximate surface area is 124 Å². The Hall–Kier alpha value is -1.38. The Morgan fingerprint density at radius 2 is 2.45 bits per heavy atom. The maximum atomic E-state index is 10.5. The summed E-state index contributed by atoms with van der Waals surface area (Å²) in [6, 6.07) is 3.09. The first-order valence-electron chi connectivity index (χ1n) is 6.09. The van der Waals surface area contributed by atoms with Crippen molar-refractivity contribution < 1.29 is 14.4 Å². The molecule has 0 fully saturated rings. The summed E-state index contributed by atoms with van der Waals surface area (Å²) in [4.78, 5) is 15.8. The highest BCUT2D eigenvalue weighted by molar-refractivity contribution is 7.99. The second-order valence-electron chi connectivity index (χ2n) is 4.11. The van der Waals surface area contributed by atoms with Crippen LogP contribution in [0.3, 0.4) is 0 Å². The molecule has 0 aliphatic carbocycles. The monoisotopic (exact) mass is 313 g/mol. The fourth-order valence-electron chi connectivity index (χ4n) is 1.47. The van der Waals surface area contributed by atoms with Crippen molar-refractivity contribution in [3.63, 3.8) is 0 Å². The van der Waals surface area contributed by atoms with Gasteiger partial charge in [0.05, 0.1) is 4.88 Å². The van der Waals surface area contributed by atoms with E-state index in [0.717, 1.165) is 17.1 Å². The van der Waals surface area contributed by atoms with Crippen LogP contribution in [-0.2, 0) is 11.2 Å². The average Bonchev–Trinajstić information content (AvgIpc) is 3.08. The average molecular weight is 313 g/mol. The minimum absolute atomic E-state index is 0.416. The summed E-state index contributed by atoms with van der Waals surface area (Å²) >= 11 is 3.09. The maximum Gasteiger partial charge on any atom is 0.321 e. The molecular formula is C12H15N3O3S2. The van der Waals surface area contributed by atoms with E-state index in [1.54, 1.807) is 11.3 Å². The van der Waals surface area contributed by atoms with Gasteiger partial charge in [0.15, 0.2) is 0 Å². The Kier molecular flexibility index (Phi) is 5.57. The number of rotatable bonds is 8. The van der Waals surface area contributed by atoms with Gasteiger partial charge in [-0.05, 0) is 23.6 Å². The Bertz CT molecular complexity index is 542. The van der Waals surface area contributed by atoms with Gasteiger partial charge in [0.1, 0.15) is 6.04 Å². The minimum Gasteiger partial charge on any atom is -0.480 e. The number of nitrogens with zero attached hydrogens (tertiary/aromatic N) is 2. The third-order valence-electron chi connectivity index (χ3n) is 2.50. The Morgan fingerprint density at radius 3 is 3.15 bits per heavy atom. The lowest BCUT2D eigenvalue weighted by atomic mass is 10.3. The van der Waals surface area contributed by atoms with E-state index in [9.17, 15) is 4.79 Å². The van der Waals surface area contributed by atoms with Gasteiger partial charge in [0, 0.05) is 12.2 Å². The molecule has 0 bridgehead atoms. The van der Waals surface area contributed by atoms with Crippen molar-refractivity contribution in [2.75, 3.05) is 11.5 Å². The number of thiophene rings is 1. The first kappa shape index (κ1) is 15.0.